The highest BCUT2D eigenvalue weighted by molar-refractivity contribution is 6.31. The summed E-state index contributed by atoms with van der Waals surface area (Å²) < 4.78 is 16.2. The van der Waals surface area contributed by atoms with Gasteiger partial charge in [0.2, 0.25) is 0 Å². The molecule has 1 aromatic carbocycles. The van der Waals surface area contributed by atoms with Crippen LogP contribution in [-0.2, 0) is 6.54 Å². The van der Waals surface area contributed by atoms with E-state index in [1.54, 1.807) is 12.1 Å². The minimum absolute atomic E-state index is 0.193. The van der Waals surface area contributed by atoms with Crippen molar-refractivity contribution in [3.05, 3.63) is 52.6 Å². The summed E-state index contributed by atoms with van der Waals surface area (Å²) in [4.78, 5) is 2.46. The second kappa shape index (κ2) is 5.91. The van der Waals surface area contributed by atoms with Crippen LogP contribution < -0.4 is 0 Å². The average molecular weight is 334 g/mol. The van der Waals surface area contributed by atoms with Crippen LogP contribution in [0.3, 0.4) is 0 Å². The molecule has 0 radical (unpaired) electrons. The Labute approximate surface area is 141 Å². The summed E-state index contributed by atoms with van der Waals surface area (Å²) in [5.74, 6) is -0.193. The first-order valence-electron chi connectivity index (χ1n) is 8.31. The number of benzene rings is 1. The van der Waals surface area contributed by atoms with Crippen molar-refractivity contribution in [2.45, 2.75) is 57.3 Å². The van der Waals surface area contributed by atoms with Crippen molar-refractivity contribution >= 4 is 11.6 Å². The zero-order valence-corrected chi connectivity index (χ0v) is 14.0. The molecule has 2 bridgehead atoms. The van der Waals surface area contributed by atoms with Crippen molar-refractivity contribution in [3.8, 4) is 0 Å². The van der Waals surface area contributed by atoms with Gasteiger partial charge in [-0.25, -0.2) is 4.39 Å². The maximum Gasteiger partial charge on any atom is 0.129 e. The van der Waals surface area contributed by atoms with E-state index in [9.17, 15) is 4.39 Å². The molecule has 2 atom stereocenters. The van der Waals surface area contributed by atoms with Crippen LogP contribution in [0.25, 0.3) is 0 Å². The standard InChI is InChI=1S/C18H21ClFN3/c1-12-9-21-23(10-12)15-7-13-5-6-14(8-15)22(13)11-16-17(19)3-2-4-18(16)20/h2-4,9-10,13-15H,5-8,11H2,1H3. The predicted octanol–water partition coefficient (Wildman–Crippen LogP) is 4.35. The van der Waals surface area contributed by atoms with E-state index in [1.165, 1.54) is 24.5 Å². The lowest BCUT2D eigenvalue weighted by Gasteiger charge is -2.39. The Morgan fingerprint density at radius 3 is 2.57 bits per heavy atom. The monoisotopic (exact) mass is 333 g/mol. The molecular weight excluding hydrogens is 313 g/mol. The summed E-state index contributed by atoms with van der Waals surface area (Å²) >= 11 is 6.21. The number of aromatic nitrogens is 2. The molecule has 0 saturated carbocycles. The molecule has 2 aliphatic rings. The Hall–Kier alpha value is -1.39. The summed E-state index contributed by atoms with van der Waals surface area (Å²) in [5, 5.41) is 5.03. The van der Waals surface area contributed by atoms with Gasteiger partial charge in [-0.2, -0.15) is 5.10 Å². The molecule has 0 aliphatic carbocycles. The molecule has 2 fully saturated rings. The SMILES string of the molecule is Cc1cnn(C2CC3CCC(C2)N3Cc2c(F)cccc2Cl)c1. The van der Waals surface area contributed by atoms with Crippen LogP contribution in [0.5, 0.6) is 0 Å². The van der Waals surface area contributed by atoms with Crippen molar-refractivity contribution in [3.63, 3.8) is 0 Å². The molecule has 4 rings (SSSR count). The Balaban J connectivity index is 1.53. The molecular formula is C18H21ClFN3. The minimum Gasteiger partial charge on any atom is -0.293 e. The topological polar surface area (TPSA) is 21.1 Å². The Morgan fingerprint density at radius 2 is 1.96 bits per heavy atom. The number of rotatable bonds is 3. The molecule has 122 valence electrons. The summed E-state index contributed by atoms with van der Waals surface area (Å²) in [6.07, 6.45) is 8.61. The molecule has 23 heavy (non-hydrogen) atoms. The number of nitrogens with zero attached hydrogens (tertiary/aromatic N) is 3. The number of hydrogen-bond acceptors (Lipinski definition) is 2. The van der Waals surface area contributed by atoms with Crippen molar-refractivity contribution in [1.82, 2.24) is 14.7 Å². The van der Waals surface area contributed by atoms with E-state index < -0.39 is 0 Å². The smallest absolute Gasteiger partial charge is 0.129 e. The Bertz CT molecular complexity index is 680. The van der Waals surface area contributed by atoms with Gasteiger partial charge in [0.25, 0.3) is 0 Å². The van der Waals surface area contributed by atoms with Gasteiger partial charge < -0.3 is 0 Å². The lowest BCUT2D eigenvalue weighted by Crippen LogP contribution is -2.43. The third-order valence-corrected chi connectivity index (χ3v) is 5.72. The third-order valence-electron chi connectivity index (χ3n) is 5.37. The lowest BCUT2D eigenvalue weighted by atomic mass is 9.96. The van der Waals surface area contributed by atoms with Gasteiger partial charge in [0.15, 0.2) is 0 Å². The van der Waals surface area contributed by atoms with Gasteiger partial charge in [0, 0.05) is 35.4 Å². The highest BCUT2D eigenvalue weighted by Crippen LogP contribution is 2.42. The van der Waals surface area contributed by atoms with Gasteiger partial charge in [-0.15, -0.1) is 0 Å². The number of halogens is 2. The molecule has 5 heteroatoms. The van der Waals surface area contributed by atoms with Crippen molar-refractivity contribution in [2.75, 3.05) is 0 Å². The van der Waals surface area contributed by atoms with Crippen LogP contribution in [0.15, 0.2) is 30.6 Å². The Morgan fingerprint density at radius 1 is 1.22 bits per heavy atom. The quantitative estimate of drug-likeness (QED) is 0.832. The molecule has 2 saturated heterocycles. The van der Waals surface area contributed by atoms with Gasteiger partial charge in [0.05, 0.1) is 12.2 Å². The second-order valence-electron chi connectivity index (χ2n) is 6.88. The molecule has 3 heterocycles. The van der Waals surface area contributed by atoms with Crippen LogP contribution in [-0.4, -0.2) is 26.8 Å². The van der Waals surface area contributed by atoms with E-state index in [0.29, 0.717) is 35.3 Å². The number of piperidine rings is 1. The molecule has 0 spiro atoms. The van der Waals surface area contributed by atoms with Crippen molar-refractivity contribution < 1.29 is 4.39 Å². The van der Waals surface area contributed by atoms with E-state index in [1.807, 2.05) is 6.20 Å². The van der Waals surface area contributed by atoms with Crippen LogP contribution in [0.2, 0.25) is 5.02 Å². The third kappa shape index (κ3) is 2.79. The van der Waals surface area contributed by atoms with Crippen molar-refractivity contribution in [1.29, 1.82) is 0 Å². The van der Waals surface area contributed by atoms with Crippen LogP contribution in [0.4, 0.5) is 4.39 Å². The number of hydrogen-bond donors (Lipinski definition) is 0. The van der Waals surface area contributed by atoms with Gasteiger partial charge in [-0.3, -0.25) is 9.58 Å². The number of fused-ring (bicyclic) bond motifs is 2. The fourth-order valence-electron chi connectivity index (χ4n) is 4.22. The molecule has 1 aromatic heterocycles. The van der Waals surface area contributed by atoms with E-state index >= 15 is 0 Å². The zero-order valence-electron chi connectivity index (χ0n) is 13.3. The average Bonchev–Trinajstić information content (AvgIpc) is 3.04. The van der Waals surface area contributed by atoms with Crippen LogP contribution in [0.1, 0.15) is 42.9 Å². The van der Waals surface area contributed by atoms with E-state index in [0.717, 1.165) is 12.8 Å². The van der Waals surface area contributed by atoms with E-state index in [4.69, 9.17) is 11.6 Å². The first-order valence-corrected chi connectivity index (χ1v) is 8.69. The summed E-state index contributed by atoms with van der Waals surface area (Å²) in [6, 6.07) is 6.41. The fourth-order valence-corrected chi connectivity index (χ4v) is 4.44. The van der Waals surface area contributed by atoms with E-state index in [-0.39, 0.29) is 5.82 Å². The number of aryl methyl sites for hydroxylation is 1. The van der Waals surface area contributed by atoms with Gasteiger partial charge in [-0.05, 0) is 50.3 Å². The molecule has 3 nitrogen and oxygen atoms in total. The maximum atomic E-state index is 14.1. The van der Waals surface area contributed by atoms with Gasteiger partial charge in [-0.1, -0.05) is 17.7 Å². The largest absolute Gasteiger partial charge is 0.293 e. The summed E-state index contributed by atoms with van der Waals surface area (Å²) in [6.45, 7) is 2.69. The normalized spacial score (nSPS) is 27.5. The molecule has 2 unspecified atom stereocenters. The maximum absolute atomic E-state index is 14.1. The first kappa shape index (κ1) is 15.2. The van der Waals surface area contributed by atoms with Crippen molar-refractivity contribution in [2.24, 2.45) is 0 Å². The summed E-state index contributed by atoms with van der Waals surface area (Å²) in [7, 11) is 0. The summed E-state index contributed by atoms with van der Waals surface area (Å²) in [5.41, 5.74) is 1.84. The minimum atomic E-state index is -0.193. The molecule has 2 aromatic rings. The Kier molecular flexibility index (Phi) is 3.90. The van der Waals surface area contributed by atoms with Gasteiger partial charge >= 0.3 is 0 Å². The highest BCUT2D eigenvalue weighted by Gasteiger charge is 2.41. The zero-order chi connectivity index (χ0) is 16.0. The lowest BCUT2D eigenvalue weighted by molar-refractivity contribution is 0.0940. The fraction of sp³-hybridized carbons (Fsp3) is 0.500. The highest BCUT2D eigenvalue weighted by atomic mass is 35.5. The first-order chi connectivity index (χ1) is 11.1. The second-order valence-corrected chi connectivity index (χ2v) is 7.29. The van der Waals surface area contributed by atoms with Crippen LogP contribution >= 0.6 is 11.6 Å². The molecule has 0 amide bonds. The van der Waals surface area contributed by atoms with Gasteiger partial charge in [0.1, 0.15) is 5.82 Å². The van der Waals surface area contributed by atoms with Crippen LogP contribution in [0, 0.1) is 12.7 Å². The molecule has 2 aliphatic heterocycles. The predicted molar refractivity (Wildman–Crippen MR) is 89.0 cm³/mol. The molecule has 0 N–H and O–H groups in total. The van der Waals surface area contributed by atoms with E-state index in [2.05, 4.69) is 27.8 Å².